The van der Waals surface area contributed by atoms with Crippen LogP contribution in [-0.2, 0) is 16.1 Å². The third-order valence-electron chi connectivity index (χ3n) is 6.11. The van der Waals surface area contributed by atoms with Crippen molar-refractivity contribution in [3.63, 3.8) is 0 Å². The number of amides is 3. The minimum Gasteiger partial charge on any atom is -0.369 e. The van der Waals surface area contributed by atoms with Crippen molar-refractivity contribution in [2.24, 2.45) is 0 Å². The number of fused-ring (bicyclic) bond motifs is 1. The van der Waals surface area contributed by atoms with Crippen LogP contribution < -0.4 is 10.2 Å². The molecule has 1 N–H and O–H groups in total. The number of nitrogens with one attached hydrogen (secondary N) is 1. The zero-order valence-electron chi connectivity index (χ0n) is 16.8. The summed E-state index contributed by atoms with van der Waals surface area (Å²) in [7, 11) is 0. The van der Waals surface area contributed by atoms with E-state index in [9.17, 15) is 14.4 Å². The minimum atomic E-state index is -0.559. The molecular formula is C21H28N4O3. The second kappa shape index (κ2) is 6.88. The molecular weight excluding hydrogens is 356 g/mol. The lowest BCUT2D eigenvalue weighted by Crippen LogP contribution is -2.53. The van der Waals surface area contributed by atoms with Crippen LogP contribution in [0.4, 0.5) is 5.69 Å². The number of rotatable bonds is 2. The first-order chi connectivity index (χ1) is 13.2. The predicted octanol–water partition coefficient (Wildman–Crippen LogP) is 1.37. The number of carbonyl (C=O) groups excluding carboxylic acids is 3. The summed E-state index contributed by atoms with van der Waals surface area (Å²) in [5, 5.41) is 2.35. The summed E-state index contributed by atoms with van der Waals surface area (Å²) < 4.78 is 0. The summed E-state index contributed by atoms with van der Waals surface area (Å²) in [6.45, 7) is 11.0. The van der Waals surface area contributed by atoms with E-state index in [1.165, 1.54) is 0 Å². The van der Waals surface area contributed by atoms with Gasteiger partial charge in [0.2, 0.25) is 11.8 Å². The molecule has 7 heteroatoms. The number of imide groups is 1. The second-order valence-corrected chi connectivity index (χ2v) is 8.89. The molecule has 28 heavy (non-hydrogen) atoms. The van der Waals surface area contributed by atoms with Crippen molar-refractivity contribution in [1.82, 2.24) is 15.1 Å². The van der Waals surface area contributed by atoms with Gasteiger partial charge in [0.1, 0.15) is 6.04 Å². The molecule has 0 radical (unpaired) electrons. The SMILES string of the molecule is CC(C)(C)N1CCN(c2ccc3c(c2)C(=O)N(C2CCC(=O)NC2=O)C3)CC1. The highest BCUT2D eigenvalue weighted by atomic mass is 16.2. The first-order valence-corrected chi connectivity index (χ1v) is 10.0. The number of hydrogen-bond acceptors (Lipinski definition) is 5. The van der Waals surface area contributed by atoms with E-state index in [1.807, 2.05) is 12.1 Å². The quantitative estimate of drug-likeness (QED) is 0.780. The predicted molar refractivity (Wildman–Crippen MR) is 106 cm³/mol. The summed E-state index contributed by atoms with van der Waals surface area (Å²) in [4.78, 5) is 43.0. The van der Waals surface area contributed by atoms with Crippen LogP contribution in [-0.4, -0.2) is 65.3 Å². The van der Waals surface area contributed by atoms with E-state index in [4.69, 9.17) is 0 Å². The van der Waals surface area contributed by atoms with Gasteiger partial charge in [0, 0.05) is 55.9 Å². The average molecular weight is 384 g/mol. The lowest BCUT2D eigenvalue weighted by atomic mass is 10.0. The van der Waals surface area contributed by atoms with Gasteiger partial charge in [-0.2, -0.15) is 0 Å². The molecule has 1 unspecified atom stereocenters. The summed E-state index contributed by atoms with van der Waals surface area (Å²) >= 11 is 0. The summed E-state index contributed by atoms with van der Waals surface area (Å²) in [6.07, 6.45) is 0.672. The first kappa shape index (κ1) is 18.9. The molecule has 150 valence electrons. The molecule has 0 aliphatic carbocycles. The Morgan fingerprint density at radius 2 is 1.75 bits per heavy atom. The highest BCUT2D eigenvalue weighted by Gasteiger charge is 2.39. The summed E-state index contributed by atoms with van der Waals surface area (Å²) in [5.41, 5.74) is 2.86. The third-order valence-corrected chi connectivity index (χ3v) is 6.11. The molecule has 2 saturated heterocycles. The number of anilines is 1. The topological polar surface area (TPSA) is 73.0 Å². The van der Waals surface area contributed by atoms with Crippen molar-refractivity contribution < 1.29 is 14.4 Å². The Balaban J connectivity index is 1.48. The molecule has 0 bridgehead atoms. The van der Waals surface area contributed by atoms with E-state index in [1.54, 1.807) is 4.90 Å². The number of piperidine rings is 1. The van der Waals surface area contributed by atoms with E-state index < -0.39 is 6.04 Å². The Labute approximate surface area is 165 Å². The Morgan fingerprint density at radius 1 is 1.04 bits per heavy atom. The lowest BCUT2D eigenvalue weighted by molar-refractivity contribution is -0.136. The number of hydrogen-bond donors (Lipinski definition) is 1. The van der Waals surface area contributed by atoms with Gasteiger partial charge >= 0.3 is 0 Å². The van der Waals surface area contributed by atoms with Crippen molar-refractivity contribution in [3.8, 4) is 0 Å². The van der Waals surface area contributed by atoms with Gasteiger partial charge < -0.3 is 9.80 Å². The van der Waals surface area contributed by atoms with Crippen LogP contribution in [0.2, 0.25) is 0 Å². The molecule has 3 aliphatic rings. The molecule has 3 aliphatic heterocycles. The van der Waals surface area contributed by atoms with Gasteiger partial charge in [-0.25, -0.2) is 0 Å². The Kier molecular flexibility index (Phi) is 4.65. The number of carbonyl (C=O) groups is 3. The Hall–Kier alpha value is -2.41. The van der Waals surface area contributed by atoms with Crippen molar-refractivity contribution in [2.75, 3.05) is 31.1 Å². The molecule has 0 spiro atoms. The Morgan fingerprint density at radius 3 is 2.39 bits per heavy atom. The monoisotopic (exact) mass is 384 g/mol. The van der Waals surface area contributed by atoms with Gasteiger partial charge in [0.15, 0.2) is 0 Å². The fourth-order valence-corrected chi connectivity index (χ4v) is 4.37. The fourth-order valence-electron chi connectivity index (χ4n) is 4.37. The largest absolute Gasteiger partial charge is 0.369 e. The first-order valence-electron chi connectivity index (χ1n) is 10.0. The second-order valence-electron chi connectivity index (χ2n) is 8.89. The van der Waals surface area contributed by atoms with Gasteiger partial charge in [0.05, 0.1) is 0 Å². The van der Waals surface area contributed by atoms with E-state index in [0.717, 1.165) is 37.4 Å². The molecule has 1 atom stereocenters. The van der Waals surface area contributed by atoms with Gasteiger partial charge in [-0.3, -0.25) is 24.6 Å². The highest BCUT2D eigenvalue weighted by Crippen LogP contribution is 2.31. The molecule has 0 aromatic heterocycles. The maximum Gasteiger partial charge on any atom is 0.255 e. The normalized spacial score (nSPS) is 23.8. The highest BCUT2D eigenvalue weighted by molar-refractivity contribution is 6.05. The van der Waals surface area contributed by atoms with E-state index >= 15 is 0 Å². The number of piperazine rings is 1. The van der Waals surface area contributed by atoms with Crippen molar-refractivity contribution >= 4 is 23.4 Å². The van der Waals surface area contributed by atoms with Gasteiger partial charge in [-0.15, -0.1) is 0 Å². The summed E-state index contributed by atoms with van der Waals surface area (Å²) in [5.74, 6) is -0.738. The van der Waals surface area contributed by atoms with Crippen LogP contribution in [0.25, 0.3) is 0 Å². The molecule has 1 aromatic rings. The molecule has 3 heterocycles. The van der Waals surface area contributed by atoms with Crippen LogP contribution in [0.1, 0.15) is 49.5 Å². The molecule has 2 fully saturated rings. The van der Waals surface area contributed by atoms with Crippen molar-refractivity contribution in [1.29, 1.82) is 0 Å². The standard InChI is InChI=1S/C21H28N4O3/c1-21(2,3)24-10-8-23(9-11-24)15-5-4-14-13-25(20(28)16(14)12-15)17-6-7-18(26)22-19(17)27/h4-5,12,17H,6-11,13H2,1-3H3,(H,22,26,27). The average Bonchev–Trinajstić information content (AvgIpc) is 2.97. The third kappa shape index (κ3) is 3.39. The van der Waals surface area contributed by atoms with E-state index in [0.29, 0.717) is 18.5 Å². The van der Waals surface area contributed by atoms with Crippen molar-refractivity contribution in [2.45, 2.75) is 51.7 Å². The summed E-state index contributed by atoms with van der Waals surface area (Å²) in [6, 6.07) is 5.49. The number of benzene rings is 1. The van der Waals surface area contributed by atoms with Gasteiger partial charge in [0.25, 0.3) is 5.91 Å². The van der Waals surface area contributed by atoms with Gasteiger partial charge in [-0.05, 0) is 44.9 Å². The molecule has 3 amide bonds. The maximum atomic E-state index is 13.0. The van der Waals surface area contributed by atoms with Crippen molar-refractivity contribution in [3.05, 3.63) is 29.3 Å². The van der Waals surface area contributed by atoms with Crippen LogP contribution in [0.15, 0.2) is 18.2 Å². The zero-order valence-corrected chi connectivity index (χ0v) is 16.8. The number of nitrogens with zero attached hydrogens (tertiary/aromatic N) is 3. The molecule has 4 rings (SSSR count). The van der Waals surface area contributed by atoms with Crippen LogP contribution in [0, 0.1) is 0 Å². The van der Waals surface area contributed by atoms with Crippen LogP contribution >= 0.6 is 0 Å². The minimum absolute atomic E-state index is 0.111. The smallest absolute Gasteiger partial charge is 0.255 e. The zero-order chi connectivity index (χ0) is 20.1. The fraction of sp³-hybridized carbons (Fsp3) is 0.571. The molecule has 7 nitrogen and oxygen atoms in total. The lowest BCUT2D eigenvalue weighted by Gasteiger charge is -2.43. The van der Waals surface area contributed by atoms with E-state index in [-0.39, 0.29) is 29.7 Å². The van der Waals surface area contributed by atoms with E-state index in [2.05, 4.69) is 42.0 Å². The van der Waals surface area contributed by atoms with Crippen LogP contribution in [0.3, 0.4) is 0 Å². The molecule has 1 aromatic carbocycles. The van der Waals surface area contributed by atoms with Gasteiger partial charge in [-0.1, -0.05) is 6.07 Å². The van der Waals surface area contributed by atoms with Crippen LogP contribution in [0.5, 0.6) is 0 Å². The Bertz CT molecular complexity index is 821. The maximum absolute atomic E-state index is 13.0. The molecule has 0 saturated carbocycles.